The molecule has 166 valence electrons. The SMILES string of the molecule is COc1ccc2sc(N(CCCN(C)C)C(=O)CN3C(=O)c4ccccc4C3=O)nc2c1. The molecule has 0 bridgehead atoms. The van der Waals surface area contributed by atoms with E-state index >= 15 is 0 Å². The summed E-state index contributed by atoms with van der Waals surface area (Å²) in [5.41, 5.74) is 1.39. The first kappa shape index (κ1) is 21.9. The van der Waals surface area contributed by atoms with Gasteiger partial charge in [-0.15, -0.1) is 0 Å². The van der Waals surface area contributed by atoms with E-state index in [-0.39, 0.29) is 12.5 Å². The quantitative estimate of drug-likeness (QED) is 0.489. The van der Waals surface area contributed by atoms with Crippen molar-refractivity contribution in [3.05, 3.63) is 53.6 Å². The molecule has 0 N–H and O–H groups in total. The number of fused-ring (bicyclic) bond motifs is 2. The fourth-order valence-corrected chi connectivity index (χ4v) is 4.60. The monoisotopic (exact) mass is 452 g/mol. The summed E-state index contributed by atoms with van der Waals surface area (Å²) in [6, 6.07) is 12.2. The molecule has 0 saturated carbocycles. The molecule has 3 aromatic rings. The van der Waals surface area contributed by atoms with Gasteiger partial charge < -0.3 is 9.64 Å². The smallest absolute Gasteiger partial charge is 0.262 e. The molecule has 1 aliphatic rings. The Hall–Kier alpha value is -3.30. The average Bonchev–Trinajstić information content (AvgIpc) is 3.30. The summed E-state index contributed by atoms with van der Waals surface area (Å²) in [7, 11) is 5.53. The minimum absolute atomic E-state index is 0.326. The molecule has 2 aromatic carbocycles. The molecular formula is C23H24N4O4S. The van der Waals surface area contributed by atoms with Gasteiger partial charge in [0.1, 0.15) is 12.3 Å². The van der Waals surface area contributed by atoms with Crippen LogP contribution in [0, 0.1) is 0 Å². The van der Waals surface area contributed by atoms with E-state index in [9.17, 15) is 14.4 Å². The van der Waals surface area contributed by atoms with Crippen molar-refractivity contribution in [2.75, 3.05) is 45.7 Å². The summed E-state index contributed by atoms with van der Waals surface area (Å²) in [6.45, 7) is 0.889. The lowest BCUT2D eigenvalue weighted by Gasteiger charge is -2.23. The second kappa shape index (κ2) is 9.05. The number of hydrogen-bond acceptors (Lipinski definition) is 7. The third-order valence-electron chi connectivity index (χ3n) is 5.27. The number of methoxy groups -OCH3 is 1. The van der Waals surface area contributed by atoms with Crippen molar-refractivity contribution < 1.29 is 19.1 Å². The molecule has 8 nitrogen and oxygen atoms in total. The number of imide groups is 1. The van der Waals surface area contributed by atoms with E-state index in [1.807, 2.05) is 37.2 Å². The predicted octanol–water partition coefficient (Wildman–Crippen LogP) is 2.89. The number of ether oxygens (including phenoxy) is 1. The molecule has 0 unspecified atom stereocenters. The molecule has 32 heavy (non-hydrogen) atoms. The Morgan fingerprint density at radius 1 is 1.06 bits per heavy atom. The molecule has 0 radical (unpaired) electrons. The number of rotatable bonds is 8. The zero-order valence-corrected chi connectivity index (χ0v) is 19.0. The third kappa shape index (κ3) is 4.21. The zero-order valence-electron chi connectivity index (χ0n) is 18.2. The molecule has 0 saturated heterocycles. The highest BCUT2D eigenvalue weighted by Crippen LogP contribution is 2.32. The number of hydrogen-bond donors (Lipinski definition) is 0. The van der Waals surface area contributed by atoms with Gasteiger partial charge in [-0.3, -0.25) is 24.2 Å². The van der Waals surface area contributed by atoms with Crippen LogP contribution in [0.1, 0.15) is 27.1 Å². The van der Waals surface area contributed by atoms with Gasteiger partial charge >= 0.3 is 0 Å². The van der Waals surface area contributed by atoms with Crippen LogP contribution >= 0.6 is 11.3 Å². The van der Waals surface area contributed by atoms with E-state index in [0.717, 1.165) is 28.1 Å². The Morgan fingerprint density at radius 2 is 1.75 bits per heavy atom. The third-order valence-corrected chi connectivity index (χ3v) is 6.33. The minimum atomic E-state index is -0.443. The number of thiazole rings is 1. The van der Waals surface area contributed by atoms with Crippen molar-refractivity contribution in [1.82, 2.24) is 14.8 Å². The normalized spacial score (nSPS) is 13.2. The van der Waals surface area contributed by atoms with Crippen molar-refractivity contribution >= 4 is 44.4 Å². The summed E-state index contributed by atoms with van der Waals surface area (Å²) in [4.78, 5) is 48.0. The van der Waals surface area contributed by atoms with Crippen molar-refractivity contribution in [3.8, 4) is 5.75 Å². The first-order valence-corrected chi connectivity index (χ1v) is 11.1. The number of carbonyl (C=O) groups is 3. The number of anilines is 1. The molecule has 9 heteroatoms. The summed E-state index contributed by atoms with van der Waals surface area (Å²) < 4.78 is 6.19. The molecule has 4 rings (SSSR count). The fourth-order valence-electron chi connectivity index (χ4n) is 3.61. The van der Waals surface area contributed by atoms with Crippen LogP contribution in [0.2, 0.25) is 0 Å². The van der Waals surface area contributed by atoms with Crippen LogP contribution < -0.4 is 9.64 Å². The van der Waals surface area contributed by atoms with Crippen LogP contribution in [0.4, 0.5) is 5.13 Å². The number of nitrogens with zero attached hydrogens (tertiary/aromatic N) is 4. The number of aromatic nitrogens is 1. The molecule has 0 fully saturated rings. The van der Waals surface area contributed by atoms with Crippen molar-refractivity contribution in [3.63, 3.8) is 0 Å². The zero-order chi connectivity index (χ0) is 22.8. The maximum atomic E-state index is 13.3. The van der Waals surface area contributed by atoms with E-state index in [4.69, 9.17) is 4.74 Å². The van der Waals surface area contributed by atoms with E-state index < -0.39 is 11.8 Å². The summed E-state index contributed by atoms with van der Waals surface area (Å²) in [5.74, 6) is -0.544. The highest BCUT2D eigenvalue weighted by molar-refractivity contribution is 7.22. The van der Waals surface area contributed by atoms with Crippen LogP contribution in [-0.4, -0.2) is 73.3 Å². The Kier molecular flexibility index (Phi) is 6.20. The van der Waals surface area contributed by atoms with Crippen LogP contribution in [-0.2, 0) is 4.79 Å². The van der Waals surface area contributed by atoms with E-state index in [2.05, 4.69) is 4.98 Å². The molecular weight excluding hydrogens is 428 g/mol. The minimum Gasteiger partial charge on any atom is -0.497 e. The lowest BCUT2D eigenvalue weighted by Crippen LogP contribution is -2.43. The summed E-state index contributed by atoms with van der Waals surface area (Å²) >= 11 is 1.40. The van der Waals surface area contributed by atoms with E-state index in [1.165, 1.54) is 11.3 Å². The topological polar surface area (TPSA) is 83.0 Å². The standard InChI is InChI=1S/C23H24N4O4S/c1-25(2)11-6-12-26(23-24-18-13-15(31-3)9-10-19(18)32-23)20(28)14-27-21(29)16-7-4-5-8-17(16)22(27)30/h4-5,7-10,13H,6,11-12,14H2,1-3H3. The van der Waals surface area contributed by atoms with E-state index in [1.54, 1.807) is 36.3 Å². The Labute approximate surface area is 190 Å². The maximum absolute atomic E-state index is 13.3. The number of amides is 3. The first-order chi connectivity index (χ1) is 15.4. The number of benzene rings is 2. The highest BCUT2D eigenvalue weighted by Gasteiger charge is 2.37. The molecule has 1 aromatic heterocycles. The van der Waals surface area contributed by atoms with Crippen LogP contribution in [0.5, 0.6) is 5.75 Å². The van der Waals surface area contributed by atoms with Gasteiger partial charge in [-0.25, -0.2) is 4.98 Å². The summed E-state index contributed by atoms with van der Waals surface area (Å²) in [6.07, 6.45) is 0.722. The largest absolute Gasteiger partial charge is 0.497 e. The molecule has 0 atom stereocenters. The van der Waals surface area contributed by atoms with Crippen LogP contribution in [0.3, 0.4) is 0 Å². The molecule has 3 amide bonds. The lowest BCUT2D eigenvalue weighted by atomic mass is 10.1. The summed E-state index contributed by atoms with van der Waals surface area (Å²) in [5, 5.41) is 0.536. The van der Waals surface area contributed by atoms with Gasteiger partial charge in [0.25, 0.3) is 11.8 Å². The van der Waals surface area contributed by atoms with E-state index in [0.29, 0.717) is 28.6 Å². The molecule has 2 heterocycles. The predicted molar refractivity (Wildman–Crippen MR) is 124 cm³/mol. The van der Waals surface area contributed by atoms with Gasteiger partial charge in [-0.1, -0.05) is 23.5 Å². The Bertz CT molecular complexity index is 1150. The van der Waals surface area contributed by atoms with Gasteiger partial charge in [0.2, 0.25) is 5.91 Å². The van der Waals surface area contributed by atoms with Crippen molar-refractivity contribution in [2.24, 2.45) is 0 Å². The number of carbonyl (C=O) groups excluding carboxylic acids is 3. The molecule has 1 aliphatic heterocycles. The lowest BCUT2D eigenvalue weighted by molar-refractivity contribution is -0.119. The Balaban J connectivity index is 1.60. The first-order valence-electron chi connectivity index (χ1n) is 10.2. The van der Waals surface area contributed by atoms with Crippen LogP contribution in [0.25, 0.3) is 10.2 Å². The van der Waals surface area contributed by atoms with Gasteiger partial charge in [0, 0.05) is 12.6 Å². The average molecular weight is 453 g/mol. The van der Waals surface area contributed by atoms with Gasteiger partial charge in [0.05, 0.1) is 28.5 Å². The second-order valence-electron chi connectivity index (χ2n) is 7.77. The molecule has 0 aliphatic carbocycles. The van der Waals surface area contributed by atoms with Crippen LogP contribution in [0.15, 0.2) is 42.5 Å². The van der Waals surface area contributed by atoms with Gasteiger partial charge in [0.15, 0.2) is 5.13 Å². The molecule has 0 spiro atoms. The Morgan fingerprint density at radius 3 is 2.38 bits per heavy atom. The highest BCUT2D eigenvalue weighted by atomic mass is 32.1. The maximum Gasteiger partial charge on any atom is 0.262 e. The van der Waals surface area contributed by atoms with Crippen molar-refractivity contribution in [2.45, 2.75) is 6.42 Å². The fraction of sp³-hybridized carbons (Fsp3) is 0.304. The van der Waals surface area contributed by atoms with Crippen molar-refractivity contribution in [1.29, 1.82) is 0 Å². The van der Waals surface area contributed by atoms with Gasteiger partial charge in [-0.2, -0.15) is 0 Å². The van der Waals surface area contributed by atoms with Gasteiger partial charge in [-0.05, 0) is 51.3 Å². The second-order valence-corrected chi connectivity index (χ2v) is 8.78.